The molecule has 0 aliphatic heterocycles. The van der Waals surface area contributed by atoms with Crippen molar-refractivity contribution in [2.24, 2.45) is 12.8 Å². The van der Waals surface area contributed by atoms with E-state index in [0.29, 0.717) is 12.1 Å². The zero-order chi connectivity index (χ0) is 14.7. The number of carbonyl (C=O) groups is 1. The Morgan fingerprint density at radius 2 is 2.25 bits per heavy atom. The lowest BCUT2D eigenvalue weighted by Crippen LogP contribution is -2.21. The van der Waals surface area contributed by atoms with Crippen molar-refractivity contribution in [3.63, 3.8) is 0 Å². The third-order valence-electron chi connectivity index (χ3n) is 3.36. The van der Waals surface area contributed by atoms with Crippen LogP contribution in [-0.4, -0.2) is 20.7 Å². The van der Waals surface area contributed by atoms with Crippen molar-refractivity contribution < 1.29 is 4.79 Å². The Kier molecular flexibility index (Phi) is 4.14. The fourth-order valence-corrected chi connectivity index (χ4v) is 2.09. The Bertz CT molecular complexity index is 620. The van der Waals surface area contributed by atoms with Crippen molar-refractivity contribution in [3.8, 4) is 0 Å². The first-order chi connectivity index (χ1) is 9.49. The molecule has 0 aliphatic carbocycles. The summed E-state index contributed by atoms with van der Waals surface area (Å²) >= 11 is 0. The van der Waals surface area contributed by atoms with Crippen molar-refractivity contribution >= 4 is 5.91 Å². The lowest BCUT2D eigenvalue weighted by Gasteiger charge is -2.14. The molecule has 0 fully saturated rings. The third-order valence-corrected chi connectivity index (χ3v) is 3.36. The van der Waals surface area contributed by atoms with E-state index in [4.69, 9.17) is 5.73 Å². The van der Waals surface area contributed by atoms with Crippen molar-refractivity contribution in [1.29, 1.82) is 0 Å². The minimum atomic E-state index is -0.403. The van der Waals surface area contributed by atoms with Crippen LogP contribution in [0.25, 0.3) is 0 Å². The summed E-state index contributed by atoms with van der Waals surface area (Å²) in [6.07, 6.45) is 1.68. The van der Waals surface area contributed by atoms with E-state index in [1.165, 1.54) is 0 Å². The van der Waals surface area contributed by atoms with Crippen LogP contribution in [0.1, 0.15) is 40.3 Å². The number of aromatic nitrogens is 3. The van der Waals surface area contributed by atoms with E-state index in [2.05, 4.69) is 15.5 Å². The summed E-state index contributed by atoms with van der Waals surface area (Å²) in [4.78, 5) is 11.1. The molecule has 1 aromatic carbocycles. The summed E-state index contributed by atoms with van der Waals surface area (Å²) in [5, 5.41) is 11.3. The van der Waals surface area contributed by atoms with Crippen LogP contribution < -0.4 is 11.1 Å². The number of nitrogens with two attached hydrogens (primary N) is 1. The molecule has 0 saturated carbocycles. The molecule has 1 aromatic heterocycles. The van der Waals surface area contributed by atoms with Gasteiger partial charge in [-0.25, -0.2) is 0 Å². The van der Waals surface area contributed by atoms with Crippen molar-refractivity contribution in [2.45, 2.75) is 26.4 Å². The number of amides is 1. The minimum Gasteiger partial charge on any atom is -0.366 e. The minimum absolute atomic E-state index is 0.0951. The lowest BCUT2D eigenvalue weighted by molar-refractivity contribution is 0.1000. The molecule has 0 spiro atoms. The van der Waals surface area contributed by atoms with Gasteiger partial charge in [-0.3, -0.25) is 4.79 Å². The molecule has 1 atom stereocenters. The van der Waals surface area contributed by atoms with Crippen LogP contribution in [0.4, 0.5) is 0 Å². The maximum atomic E-state index is 11.1. The van der Waals surface area contributed by atoms with Crippen molar-refractivity contribution in [2.75, 3.05) is 0 Å². The summed E-state index contributed by atoms with van der Waals surface area (Å²) in [7, 11) is 1.92. The number of carbonyl (C=O) groups excluding carboxylic acids is 1. The highest BCUT2D eigenvalue weighted by molar-refractivity contribution is 5.93. The lowest BCUT2D eigenvalue weighted by atomic mass is 10.0. The molecule has 3 N–H and O–H groups in total. The van der Waals surface area contributed by atoms with Gasteiger partial charge < -0.3 is 15.6 Å². The van der Waals surface area contributed by atoms with Gasteiger partial charge in [-0.2, -0.15) is 0 Å². The number of nitrogens with zero attached hydrogens (tertiary/aromatic N) is 3. The molecule has 106 valence electrons. The van der Waals surface area contributed by atoms with Gasteiger partial charge in [0.1, 0.15) is 12.2 Å². The fourth-order valence-electron chi connectivity index (χ4n) is 2.09. The Hall–Kier alpha value is -2.21. The molecular weight excluding hydrogens is 254 g/mol. The summed E-state index contributed by atoms with van der Waals surface area (Å²) in [6.45, 7) is 4.70. The van der Waals surface area contributed by atoms with E-state index in [0.717, 1.165) is 17.0 Å². The van der Waals surface area contributed by atoms with Gasteiger partial charge in [0.15, 0.2) is 0 Å². The number of aryl methyl sites for hydroxylation is 2. The number of benzene rings is 1. The largest absolute Gasteiger partial charge is 0.366 e. The maximum Gasteiger partial charge on any atom is 0.248 e. The van der Waals surface area contributed by atoms with Gasteiger partial charge in [0.05, 0.1) is 6.04 Å². The monoisotopic (exact) mass is 273 g/mol. The zero-order valence-electron chi connectivity index (χ0n) is 11.9. The smallest absolute Gasteiger partial charge is 0.248 e. The predicted octanol–water partition coefficient (Wildman–Crippen LogP) is 1.07. The van der Waals surface area contributed by atoms with Gasteiger partial charge in [-0.05, 0) is 37.1 Å². The van der Waals surface area contributed by atoms with Gasteiger partial charge >= 0.3 is 0 Å². The molecule has 1 amide bonds. The topological polar surface area (TPSA) is 85.8 Å². The summed E-state index contributed by atoms with van der Waals surface area (Å²) in [5.41, 5.74) is 7.97. The molecule has 2 aromatic rings. The molecule has 0 aliphatic rings. The summed E-state index contributed by atoms with van der Waals surface area (Å²) in [6, 6.07) is 5.58. The quantitative estimate of drug-likeness (QED) is 0.853. The van der Waals surface area contributed by atoms with E-state index in [1.54, 1.807) is 12.4 Å². The number of hydrogen-bond donors (Lipinski definition) is 2. The molecule has 1 unspecified atom stereocenters. The third kappa shape index (κ3) is 3.03. The fraction of sp³-hybridized carbons (Fsp3) is 0.357. The molecular formula is C14H19N5O. The molecule has 0 radical (unpaired) electrons. The predicted molar refractivity (Wildman–Crippen MR) is 76.0 cm³/mol. The number of hydrogen-bond acceptors (Lipinski definition) is 4. The highest BCUT2D eigenvalue weighted by Gasteiger charge is 2.11. The van der Waals surface area contributed by atoms with E-state index in [1.807, 2.05) is 37.6 Å². The van der Waals surface area contributed by atoms with Crippen LogP contribution in [0.2, 0.25) is 0 Å². The van der Waals surface area contributed by atoms with Crippen molar-refractivity contribution in [1.82, 2.24) is 20.1 Å². The number of nitrogens with one attached hydrogen (secondary N) is 1. The van der Waals surface area contributed by atoms with Crippen LogP contribution in [0.5, 0.6) is 0 Å². The van der Waals surface area contributed by atoms with Crippen LogP contribution in [0, 0.1) is 6.92 Å². The van der Waals surface area contributed by atoms with Crippen LogP contribution in [0.15, 0.2) is 24.5 Å². The second-order valence-corrected chi connectivity index (χ2v) is 4.91. The van der Waals surface area contributed by atoms with Crippen LogP contribution >= 0.6 is 0 Å². The maximum absolute atomic E-state index is 11.1. The molecule has 0 bridgehead atoms. The van der Waals surface area contributed by atoms with Gasteiger partial charge in [-0.1, -0.05) is 6.07 Å². The molecule has 1 heterocycles. The van der Waals surface area contributed by atoms with Crippen LogP contribution in [0.3, 0.4) is 0 Å². The first kappa shape index (κ1) is 14.2. The highest BCUT2D eigenvalue weighted by atomic mass is 16.1. The summed E-state index contributed by atoms with van der Waals surface area (Å²) < 4.78 is 1.89. The van der Waals surface area contributed by atoms with Gasteiger partial charge in [0.25, 0.3) is 0 Å². The van der Waals surface area contributed by atoms with Crippen LogP contribution in [-0.2, 0) is 13.6 Å². The Morgan fingerprint density at radius 3 is 2.80 bits per heavy atom. The van der Waals surface area contributed by atoms with Gasteiger partial charge in [0.2, 0.25) is 5.91 Å². The standard InChI is InChI=1S/C14H19N5O/c1-9-6-11(13(15)20)4-5-12(9)7-16-10(2)14-18-17-8-19(14)3/h4-6,8,10,16H,7H2,1-3H3,(H2,15,20). The molecule has 6 nitrogen and oxygen atoms in total. The number of rotatable bonds is 5. The van der Waals surface area contributed by atoms with Gasteiger partial charge in [0, 0.05) is 19.2 Å². The SMILES string of the molecule is Cc1cc(C(N)=O)ccc1CNC(C)c1nncn1C. The molecule has 6 heteroatoms. The normalized spacial score (nSPS) is 12.3. The first-order valence-corrected chi connectivity index (χ1v) is 6.45. The average Bonchev–Trinajstić information content (AvgIpc) is 2.83. The Balaban J connectivity index is 2.04. The highest BCUT2D eigenvalue weighted by Crippen LogP contribution is 2.13. The van der Waals surface area contributed by atoms with E-state index in [9.17, 15) is 4.79 Å². The average molecular weight is 273 g/mol. The second kappa shape index (κ2) is 5.83. The summed E-state index contributed by atoms with van der Waals surface area (Å²) in [5.74, 6) is 0.483. The van der Waals surface area contributed by atoms with Gasteiger partial charge in [-0.15, -0.1) is 10.2 Å². The molecule has 2 rings (SSSR count). The molecule has 20 heavy (non-hydrogen) atoms. The second-order valence-electron chi connectivity index (χ2n) is 4.91. The van der Waals surface area contributed by atoms with Crippen molar-refractivity contribution in [3.05, 3.63) is 47.0 Å². The van der Waals surface area contributed by atoms with E-state index >= 15 is 0 Å². The van der Waals surface area contributed by atoms with E-state index in [-0.39, 0.29) is 6.04 Å². The first-order valence-electron chi connectivity index (χ1n) is 6.45. The Labute approximate surface area is 118 Å². The van der Waals surface area contributed by atoms with E-state index < -0.39 is 5.91 Å². The Morgan fingerprint density at radius 1 is 1.50 bits per heavy atom. The molecule has 0 saturated heterocycles. The zero-order valence-corrected chi connectivity index (χ0v) is 11.9. The number of primary amides is 1.